The summed E-state index contributed by atoms with van der Waals surface area (Å²) in [5, 5.41) is 11.8. The number of aliphatic hydroxyl groups excluding tert-OH is 1. The molecule has 0 radical (unpaired) electrons. The van der Waals surface area contributed by atoms with Crippen LogP contribution in [0.3, 0.4) is 0 Å². The highest BCUT2D eigenvalue weighted by atomic mass is 35.5. The van der Waals surface area contributed by atoms with Gasteiger partial charge in [-0.1, -0.05) is 61.9 Å². The van der Waals surface area contributed by atoms with Crippen molar-refractivity contribution in [1.82, 2.24) is 0 Å². The van der Waals surface area contributed by atoms with Crippen LogP contribution in [-0.2, 0) is 0 Å². The summed E-state index contributed by atoms with van der Waals surface area (Å²) >= 11 is 12.1. The Balaban J connectivity index is 2.20. The topological polar surface area (TPSA) is 20.2 Å². The third-order valence-electron chi connectivity index (χ3n) is 4.18. The molecule has 0 amide bonds. The van der Waals surface area contributed by atoms with E-state index in [4.69, 9.17) is 23.2 Å². The van der Waals surface area contributed by atoms with Crippen LogP contribution in [-0.4, -0.2) is 5.11 Å². The van der Waals surface area contributed by atoms with E-state index in [0.29, 0.717) is 21.9 Å². The zero-order valence-electron chi connectivity index (χ0n) is 10.7. The molecule has 0 heterocycles. The summed E-state index contributed by atoms with van der Waals surface area (Å²) in [6.07, 6.45) is 5.49. The maximum atomic E-state index is 10.6. The van der Waals surface area contributed by atoms with Crippen molar-refractivity contribution in [2.24, 2.45) is 11.8 Å². The van der Waals surface area contributed by atoms with Crippen molar-refractivity contribution in [2.75, 3.05) is 0 Å². The van der Waals surface area contributed by atoms with Gasteiger partial charge in [-0.3, -0.25) is 0 Å². The van der Waals surface area contributed by atoms with Crippen molar-refractivity contribution in [3.63, 3.8) is 0 Å². The summed E-state index contributed by atoms with van der Waals surface area (Å²) < 4.78 is 0. The lowest BCUT2D eigenvalue weighted by molar-refractivity contribution is 0.0453. The first-order valence-electron chi connectivity index (χ1n) is 6.76. The Labute approximate surface area is 119 Å². The van der Waals surface area contributed by atoms with E-state index < -0.39 is 6.10 Å². The van der Waals surface area contributed by atoms with Gasteiger partial charge >= 0.3 is 0 Å². The van der Waals surface area contributed by atoms with E-state index in [1.165, 1.54) is 19.3 Å². The fourth-order valence-corrected chi connectivity index (χ4v) is 3.65. The maximum Gasteiger partial charge on any atom is 0.0835 e. The standard InChI is InChI=1S/C15H20Cl2O/c1-2-10-5-3-4-6-12(10)15(18)13-8-7-11(16)9-14(13)17/h7-10,12,15,18H,2-6H2,1H3. The second-order valence-corrected chi connectivity index (χ2v) is 6.07. The van der Waals surface area contributed by atoms with Gasteiger partial charge in [-0.25, -0.2) is 0 Å². The number of rotatable bonds is 3. The molecule has 1 aromatic carbocycles. The first-order chi connectivity index (χ1) is 8.63. The zero-order valence-corrected chi connectivity index (χ0v) is 12.2. The Morgan fingerprint density at radius 2 is 2.00 bits per heavy atom. The fraction of sp³-hybridized carbons (Fsp3) is 0.600. The highest BCUT2D eigenvalue weighted by Crippen LogP contribution is 2.42. The Morgan fingerprint density at radius 1 is 1.28 bits per heavy atom. The zero-order chi connectivity index (χ0) is 13.1. The van der Waals surface area contributed by atoms with Crippen molar-refractivity contribution in [3.05, 3.63) is 33.8 Å². The van der Waals surface area contributed by atoms with Gasteiger partial charge in [-0.05, 0) is 36.0 Å². The number of hydrogen-bond donors (Lipinski definition) is 1. The molecule has 1 aliphatic carbocycles. The van der Waals surface area contributed by atoms with Crippen LogP contribution in [0.1, 0.15) is 50.7 Å². The van der Waals surface area contributed by atoms with Gasteiger partial charge in [0.05, 0.1) is 6.10 Å². The lowest BCUT2D eigenvalue weighted by atomic mass is 9.73. The van der Waals surface area contributed by atoms with Crippen LogP contribution in [0.2, 0.25) is 10.0 Å². The average molecular weight is 287 g/mol. The summed E-state index contributed by atoms with van der Waals surface area (Å²) in [4.78, 5) is 0. The third kappa shape index (κ3) is 3.01. The smallest absolute Gasteiger partial charge is 0.0835 e. The molecule has 1 N–H and O–H groups in total. The summed E-state index contributed by atoms with van der Waals surface area (Å²) in [5.41, 5.74) is 0.825. The minimum atomic E-state index is -0.458. The van der Waals surface area contributed by atoms with E-state index in [-0.39, 0.29) is 0 Å². The molecule has 1 fully saturated rings. The van der Waals surface area contributed by atoms with Crippen molar-refractivity contribution in [3.8, 4) is 0 Å². The lowest BCUT2D eigenvalue weighted by Crippen LogP contribution is -2.25. The predicted molar refractivity (Wildman–Crippen MR) is 77.2 cm³/mol. The first-order valence-corrected chi connectivity index (χ1v) is 7.52. The largest absolute Gasteiger partial charge is 0.388 e. The normalized spacial score (nSPS) is 26.0. The first kappa shape index (κ1) is 14.2. The molecule has 0 spiro atoms. The van der Waals surface area contributed by atoms with Gasteiger partial charge in [-0.15, -0.1) is 0 Å². The Kier molecular flexibility index (Phi) is 4.94. The van der Waals surface area contributed by atoms with E-state index in [9.17, 15) is 5.11 Å². The van der Waals surface area contributed by atoms with E-state index in [2.05, 4.69) is 6.92 Å². The molecule has 2 rings (SSSR count). The molecule has 0 aromatic heterocycles. The molecule has 1 nitrogen and oxygen atoms in total. The van der Waals surface area contributed by atoms with Crippen molar-refractivity contribution >= 4 is 23.2 Å². The van der Waals surface area contributed by atoms with Gasteiger partial charge in [0.15, 0.2) is 0 Å². The van der Waals surface area contributed by atoms with E-state index in [1.807, 2.05) is 6.07 Å². The SMILES string of the molecule is CCC1CCCCC1C(O)c1ccc(Cl)cc1Cl. The molecular formula is C15H20Cl2O. The van der Waals surface area contributed by atoms with Gasteiger partial charge in [0.25, 0.3) is 0 Å². The van der Waals surface area contributed by atoms with Crippen LogP contribution in [0.5, 0.6) is 0 Å². The molecule has 0 bridgehead atoms. The lowest BCUT2D eigenvalue weighted by Gasteiger charge is -2.34. The Hall–Kier alpha value is -0.240. The second kappa shape index (κ2) is 6.27. The molecule has 1 aromatic rings. The summed E-state index contributed by atoms with van der Waals surface area (Å²) in [6.45, 7) is 2.21. The van der Waals surface area contributed by atoms with E-state index in [1.54, 1.807) is 12.1 Å². The summed E-state index contributed by atoms with van der Waals surface area (Å²) in [5.74, 6) is 0.947. The van der Waals surface area contributed by atoms with Gasteiger partial charge in [0.2, 0.25) is 0 Å². The van der Waals surface area contributed by atoms with E-state index >= 15 is 0 Å². The quantitative estimate of drug-likeness (QED) is 0.805. The Bertz CT molecular complexity index is 405. The number of hydrogen-bond acceptors (Lipinski definition) is 1. The number of halogens is 2. The fourth-order valence-electron chi connectivity index (χ4n) is 3.13. The number of benzene rings is 1. The molecule has 0 aliphatic heterocycles. The van der Waals surface area contributed by atoms with Crippen LogP contribution in [0.15, 0.2) is 18.2 Å². The summed E-state index contributed by atoms with van der Waals surface area (Å²) in [6, 6.07) is 5.37. The molecule has 0 saturated heterocycles. The number of aliphatic hydroxyl groups is 1. The second-order valence-electron chi connectivity index (χ2n) is 5.23. The minimum Gasteiger partial charge on any atom is -0.388 e. The van der Waals surface area contributed by atoms with Crippen molar-refractivity contribution in [1.29, 1.82) is 0 Å². The van der Waals surface area contributed by atoms with Crippen LogP contribution in [0.4, 0.5) is 0 Å². The average Bonchev–Trinajstić information content (AvgIpc) is 2.38. The van der Waals surface area contributed by atoms with Crippen LogP contribution >= 0.6 is 23.2 Å². The molecular weight excluding hydrogens is 267 g/mol. The van der Waals surface area contributed by atoms with Gasteiger partial charge in [-0.2, -0.15) is 0 Å². The molecule has 1 saturated carbocycles. The third-order valence-corrected chi connectivity index (χ3v) is 4.74. The monoisotopic (exact) mass is 286 g/mol. The Morgan fingerprint density at radius 3 is 2.67 bits per heavy atom. The van der Waals surface area contributed by atoms with Crippen LogP contribution < -0.4 is 0 Å². The van der Waals surface area contributed by atoms with Crippen LogP contribution in [0, 0.1) is 11.8 Å². The molecule has 18 heavy (non-hydrogen) atoms. The summed E-state index contributed by atoms with van der Waals surface area (Å²) in [7, 11) is 0. The molecule has 3 unspecified atom stereocenters. The maximum absolute atomic E-state index is 10.6. The molecule has 1 aliphatic rings. The molecule has 3 atom stereocenters. The van der Waals surface area contributed by atoms with Crippen LogP contribution in [0.25, 0.3) is 0 Å². The van der Waals surface area contributed by atoms with E-state index in [0.717, 1.165) is 18.4 Å². The van der Waals surface area contributed by atoms with Gasteiger partial charge < -0.3 is 5.11 Å². The van der Waals surface area contributed by atoms with Gasteiger partial charge in [0, 0.05) is 10.0 Å². The highest BCUT2D eigenvalue weighted by Gasteiger charge is 2.31. The predicted octanol–water partition coefficient (Wildman–Crippen LogP) is 5.24. The molecule has 3 heteroatoms. The minimum absolute atomic E-state index is 0.336. The van der Waals surface area contributed by atoms with Crippen molar-refractivity contribution in [2.45, 2.75) is 45.1 Å². The van der Waals surface area contributed by atoms with Gasteiger partial charge in [0.1, 0.15) is 0 Å². The molecule has 100 valence electrons. The highest BCUT2D eigenvalue weighted by molar-refractivity contribution is 6.35. The van der Waals surface area contributed by atoms with Crippen molar-refractivity contribution < 1.29 is 5.11 Å².